The predicted molar refractivity (Wildman–Crippen MR) is 65.1 cm³/mol. The first-order chi connectivity index (χ1) is 9.13. The van der Waals surface area contributed by atoms with Gasteiger partial charge in [-0.2, -0.15) is 0 Å². The van der Waals surface area contributed by atoms with E-state index in [1.165, 1.54) is 19.3 Å². The van der Waals surface area contributed by atoms with E-state index in [1.807, 2.05) is 0 Å². The van der Waals surface area contributed by atoms with Crippen LogP contribution in [0.25, 0.3) is 0 Å². The van der Waals surface area contributed by atoms with Crippen LogP contribution in [0.5, 0.6) is 0 Å². The minimum absolute atomic E-state index is 0.0407. The molecule has 0 aromatic carbocycles. The Bertz CT molecular complexity index is 438. The third-order valence-electron chi connectivity index (χ3n) is 3.19. The zero-order valence-corrected chi connectivity index (χ0v) is 10.7. The summed E-state index contributed by atoms with van der Waals surface area (Å²) >= 11 is 0. The Morgan fingerprint density at radius 2 is 2.05 bits per heavy atom. The molecule has 0 radical (unpaired) electrons. The Balaban J connectivity index is 2.09. The number of hydrogen-bond donors (Lipinski definition) is 0. The SMILES string of the molecule is COC(=O)C1=CC=C(C(=O)N2CCOCC2)CC1F. The number of carbonyl (C=O) groups excluding carboxylic acids is 2. The van der Waals surface area contributed by atoms with Crippen molar-refractivity contribution in [1.29, 1.82) is 0 Å². The summed E-state index contributed by atoms with van der Waals surface area (Å²) in [7, 11) is 1.20. The Morgan fingerprint density at radius 3 is 2.63 bits per heavy atom. The van der Waals surface area contributed by atoms with E-state index in [-0.39, 0.29) is 17.9 Å². The summed E-state index contributed by atoms with van der Waals surface area (Å²) in [6, 6.07) is 0. The summed E-state index contributed by atoms with van der Waals surface area (Å²) < 4.78 is 23.5. The normalized spacial score (nSPS) is 23.5. The van der Waals surface area contributed by atoms with Crippen LogP contribution in [0, 0.1) is 0 Å². The molecule has 1 atom stereocenters. The largest absolute Gasteiger partial charge is 0.466 e. The number of amides is 1. The molecule has 5 nitrogen and oxygen atoms in total. The molecule has 0 bridgehead atoms. The van der Waals surface area contributed by atoms with Crippen LogP contribution in [0.3, 0.4) is 0 Å². The summed E-state index contributed by atoms with van der Waals surface area (Å²) in [6.07, 6.45) is 1.25. The number of carbonyl (C=O) groups is 2. The first-order valence-corrected chi connectivity index (χ1v) is 6.13. The molecule has 1 fully saturated rings. The van der Waals surface area contributed by atoms with Crippen LogP contribution in [0.15, 0.2) is 23.3 Å². The lowest BCUT2D eigenvalue weighted by Crippen LogP contribution is -2.42. The van der Waals surface area contributed by atoms with Crippen LogP contribution < -0.4 is 0 Å². The van der Waals surface area contributed by atoms with Gasteiger partial charge < -0.3 is 14.4 Å². The van der Waals surface area contributed by atoms with Gasteiger partial charge in [0, 0.05) is 25.1 Å². The Labute approximate surface area is 110 Å². The van der Waals surface area contributed by atoms with Gasteiger partial charge in [0.25, 0.3) is 0 Å². The number of rotatable bonds is 2. The highest BCUT2D eigenvalue weighted by Crippen LogP contribution is 2.24. The van der Waals surface area contributed by atoms with Gasteiger partial charge in [0.15, 0.2) is 0 Å². The van der Waals surface area contributed by atoms with E-state index in [4.69, 9.17) is 4.74 Å². The number of nitrogens with zero attached hydrogens (tertiary/aromatic N) is 1. The molecule has 1 aliphatic heterocycles. The van der Waals surface area contributed by atoms with E-state index in [1.54, 1.807) is 4.90 Å². The van der Waals surface area contributed by atoms with E-state index < -0.39 is 12.1 Å². The molecule has 0 N–H and O–H groups in total. The lowest BCUT2D eigenvalue weighted by Gasteiger charge is -2.28. The summed E-state index contributed by atoms with van der Waals surface area (Å²) in [4.78, 5) is 25.1. The van der Waals surface area contributed by atoms with Crippen molar-refractivity contribution >= 4 is 11.9 Å². The predicted octanol–water partition coefficient (Wildman–Crippen LogP) is 0.613. The molecule has 0 saturated carbocycles. The average Bonchev–Trinajstić information content (AvgIpc) is 2.46. The fourth-order valence-electron chi connectivity index (χ4n) is 2.11. The highest BCUT2D eigenvalue weighted by Gasteiger charge is 2.29. The smallest absolute Gasteiger partial charge is 0.336 e. The lowest BCUT2D eigenvalue weighted by atomic mass is 9.95. The number of ether oxygens (including phenoxy) is 2. The first kappa shape index (κ1) is 13.7. The molecule has 0 spiro atoms. The monoisotopic (exact) mass is 269 g/mol. The van der Waals surface area contributed by atoms with Crippen molar-refractivity contribution in [2.45, 2.75) is 12.6 Å². The van der Waals surface area contributed by atoms with Crippen LogP contribution in [0.2, 0.25) is 0 Å². The average molecular weight is 269 g/mol. The quantitative estimate of drug-likeness (QED) is 0.689. The molecule has 2 rings (SSSR count). The maximum absolute atomic E-state index is 13.9. The fourth-order valence-corrected chi connectivity index (χ4v) is 2.11. The number of halogens is 1. The maximum Gasteiger partial charge on any atom is 0.336 e. The molecule has 19 heavy (non-hydrogen) atoms. The highest BCUT2D eigenvalue weighted by molar-refractivity contribution is 5.97. The van der Waals surface area contributed by atoms with Crippen molar-refractivity contribution in [3.05, 3.63) is 23.3 Å². The third kappa shape index (κ3) is 3.01. The molecular weight excluding hydrogens is 253 g/mol. The van der Waals surface area contributed by atoms with Gasteiger partial charge >= 0.3 is 5.97 Å². The summed E-state index contributed by atoms with van der Waals surface area (Å²) in [5, 5.41) is 0. The molecule has 1 unspecified atom stereocenters. The lowest BCUT2D eigenvalue weighted by molar-refractivity contribution is -0.137. The fraction of sp³-hybridized carbons (Fsp3) is 0.538. The molecule has 104 valence electrons. The minimum Gasteiger partial charge on any atom is -0.466 e. The van der Waals surface area contributed by atoms with E-state index in [0.29, 0.717) is 31.9 Å². The minimum atomic E-state index is -1.49. The van der Waals surface area contributed by atoms with E-state index in [9.17, 15) is 14.0 Å². The standard InChI is InChI=1S/C13H16FNO4/c1-18-13(17)10-3-2-9(8-11(10)14)12(16)15-4-6-19-7-5-15/h2-3,11H,4-8H2,1H3. The van der Waals surface area contributed by atoms with Crippen LogP contribution in [0.4, 0.5) is 4.39 Å². The molecule has 1 saturated heterocycles. The van der Waals surface area contributed by atoms with Gasteiger partial charge in [-0.25, -0.2) is 9.18 Å². The van der Waals surface area contributed by atoms with E-state index >= 15 is 0 Å². The van der Waals surface area contributed by atoms with Gasteiger partial charge in [-0.15, -0.1) is 0 Å². The van der Waals surface area contributed by atoms with Crippen LogP contribution in [0.1, 0.15) is 6.42 Å². The van der Waals surface area contributed by atoms with Crippen LogP contribution >= 0.6 is 0 Å². The first-order valence-electron chi connectivity index (χ1n) is 6.13. The zero-order chi connectivity index (χ0) is 13.8. The number of esters is 1. The van der Waals surface area contributed by atoms with Crippen molar-refractivity contribution in [1.82, 2.24) is 4.90 Å². The van der Waals surface area contributed by atoms with Gasteiger partial charge in [-0.05, 0) is 6.08 Å². The van der Waals surface area contributed by atoms with Gasteiger partial charge in [0.2, 0.25) is 5.91 Å². The van der Waals surface area contributed by atoms with Crippen LogP contribution in [-0.4, -0.2) is 56.4 Å². The molecule has 6 heteroatoms. The number of alkyl halides is 1. The van der Waals surface area contributed by atoms with E-state index in [0.717, 1.165) is 0 Å². The Hall–Kier alpha value is -1.69. The molecule has 2 aliphatic rings. The second kappa shape index (κ2) is 5.97. The van der Waals surface area contributed by atoms with Crippen molar-refractivity contribution < 1.29 is 23.5 Å². The summed E-state index contributed by atoms with van der Waals surface area (Å²) in [5.74, 6) is -0.882. The topological polar surface area (TPSA) is 55.8 Å². The number of hydrogen-bond acceptors (Lipinski definition) is 4. The number of methoxy groups -OCH3 is 1. The van der Waals surface area contributed by atoms with Crippen LogP contribution in [-0.2, 0) is 19.1 Å². The highest BCUT2D eigenvalue weighted by atomic mass is 19.1. The third-order valence-corrected chi connectivity index (χ3v) is 3.19. The van der Waals surface area contributed by atoms with Crippen molar-refractivity contribution in [3.8, 4) is 0 Å². The van der Waals surface area contributed by atoms with Gasteiger partial charge in [0.1, 0.15) is 6.17 Å². The van der Waals surface area contributed by atoms with Gasteiger partial charge in [-0.1, -0.05) is 6.08 Å². The summed E-state index contributed by atoms with van der Waals surface area (Å²) in [6.45, 7) is 2.03. The Morgan fingerprint density at radius 1 is 1.37 bits per heavy atom. The number of allylic oxidation sites excluding steroid dienone is 2. The second-order valence-corrected chi connectivity index (χ2v) is 4.38. The van der Waals surface area contributed by atoms with Gasteiger partial charge in [0.05, 0.1) is 25.9 Å². The maximum atomic E-state index is 13.9. The molecular formula is C13H16FNO4. The number of morpholine rings is 1. The molecule has 1 heterocycles. The Kier molecular flexibility index (Phi) is 4.31. The van der Waals surface area contributed by atoms with Gasteiger partial charge in [-0.3, -0.25) is 4.79 Å². The zero-order valence-electron chi connectivity index (χ0n) is 10.7. The molecule has 0 aromatic rings. The molecule has 1 amide bonds. The molecule has 0 aromatic heterocycles. The van der Waals surface area contributed by atoms with Crippen molar-refractivity contribution in [2.75, 3.05) is 33.4 Å². The van der Waals surface area contributed by atoms with E-state index in [2.05, 4.69) is 4.74 Å². The van der Waals surface area contributed by atoms with Crippen molar-refractivity contribution in [2.24, 2.45) is 0 Å². The summed E-state index contributed by atoms with van der Waals surface area (Å²) in [5.41, 5.74) is 0.336. The second-order valence-electron chi connectivity index (χ2n) is 4.38. The van der Waals surface area contributed by atoms with Crippen molar-refractivity contribution in [3.63, 3.8) is 0 Å². The molecule has 1 aliphatic carbocycles.